The van der Waals surface area contributed by atoms with Crippen LogP contribution in [0.2, 0.25) is 0 Å². The number of carbonyl (C=O) groups excluding carboxylic acids is 1. The van der Waals surface area contributed by atoms with Crippen molar-refractivity contribution >= 4 is 5.97 Å². The molecule has 0 unspecified atom stereocenters. The van der Waals surface area contributed by atoms with Crippen LogP contribution in [-0.4, -0.2) is 28.5 Å². The Hall–Kier alpha value is -1.53. The number of carboxylic acids is 1. The molecule has 1 aliphatic rings. The summed E-state index contributed by atoms with van der Waals surface area (Å²) in [6.45, 7) is 0.230. The molecule has 0 N–H and O–H groups in total. The van der Waals surface area contributed by atoms with Crippen molar-refractivity contribution in [2.24, 2.45) is 5.28 Å². The SMILES string of the molecule is O=C([O-])[C@@H]1CCCN1/[N+]([O-])=N/[O-]. The van der Waals surface area contributed by atoms with Gasteiger partial charge in [-0.15, -0.1) is 5.01 Å². The van der Waals surface area contributed by atoms with Gasteiger partial charge in [0.15, 0.2) is 0 Å². The van der Waals surface area contributed by atoms with Crippen LogP contribution in [0.3, 0.4) is 0 Å². The zero-order chi connectivity index (χ0) is 9.14. The highest BCUT2D eigenvalue weighted by molar-refractivity contribution is 5.71. The zero-order valence-corrected chi connectivity index (χ0v) is 6.17. The summed E-state index contributed by atoms with van der Waals surface area (Å²) in [6.07, 6.45) is 0.865. The molecule has 0 amide bonds. The normalized spacial score (nSPS) is 24.5. The highest BCUT2D eigenvalue weighted by Gasteiger charge is 2.31. The Morgan fingerprint density at radius 2 is 2.33 bits per heavy atom. The average Bonchev–Trinajstić information content (AvgIpc) is 2.50. The van der Waals surface area contributed by atoms with Gasteiger partial charge in [-0.1, -0.05) is 0 Å². The van der Waals surface area contributed by atoms with E-state index in [1.807, 2.05) is 0 Å². The topological polar surface area (TPSA) is 105 Å². The van der Waals surface area contributed by atoms with Crippen LogP contribution in [0.4, 0.5) is 0 Å². The summed E-state index contributed by atoms with van der Waals surface area (Å²) in [5, 5.41) is 33.6. The standard InChI is InChI=1S/C5H9N3O4/c9-5(10)4-2-1-3-7(4)8(12)6-11/h4,11H,1-3H2,(H,9,10)/p-2/b8-6-/t4-/m0/s1. The number of hydrazine groups is 1. The lowest BCUT2D eigenvalue weighted by Gasteiger charge is -2.21. The molecule has 1 atom stereocenters. The third kappa shape index (κ3) is 1.39. The molecule has 0 saturated carbocycles. The van der Waals surface area contributed by atoms with E-state index in [1.165, 1.54) is 0 Å². The van der Waals surface area contributed by atoms with Crippen LogP contribution in [0.1, 0.15) is 12.8 Å². The highest BCUT2D eigenvalue weighted by atomic mass is 16.6. The first-order valence-electron chi connectivity index (χ1n) is 3.44. The molecular weight excluding hydrogens is 166 g/mol. The smallest absolute Gasteiger partial charge is 0.127 e. The summed E-state index contributed by atoms with van der Waals surface area (Å²) in [4.78, 5) is 10.1. The van der Waals surface area contributed by atoms with Crippen molar-refractivity contribution in [1.29, 1.82) is 0 Å². The van der Waals surface area contributed by atoms with E-state index >= 15 is 0 Å². The number of carbonyl (C=O) groups is 1. The summed E-state index contributed by atoms with van der Waals surface area (Å²) in [6, 6.07) is -1.01. The summed E-state index contributed by atoms with van der Waals surface area (Å²) < 4.78 is 0. The van der Waals surface area contributed by atoms with E-state index in [1.54, 1.807) is 0 Å². The predicted octanol–water partition coefficient (Wildman–Crippen LogP) is -1.42. The third-order valence-corrected chi connectivity index (χ3v) is 1.79. The largest absolute Gasteiger partial charge is 0.737 e. The minimum Gasteiger partial charge on any atom is -0.737 e. The fourth-order valence-electron chi connectivity index (χ4n) is 1.24. The van der Waals surface area contributed by atoms with Gasteiger partial charge in [-0.2, -0.15) is 0 Å². The van der Waals surface area contributed by atoms with Gasteiger partial charge in [0.25, 0.3) is 0 Å². The number of aliphatic carboxylic acids is 1. The molecule has 7 nitrogen and oxygen atoms in total. The van der Waals surface area contributed by atoms with Crippen molar-refractivity contribution in [1.82, 2.24) is 5.01 Å². The molecule has 12 heavy (non-hydrogen) atoms. The lowest BCUT2D eigenvalue weighted by atomic mass is 10.2. The van der Waals surface area contributed by atoms with Gasteiger partial charge < -0.3 is 20.3 Å². The van der Waals surface area contributed by atoms with Gasteiger partial charge in [0.05, 0.1) is 12.5 Å². The van der Waals surface area contributed by atoms with Gasteiger partial charge in [0, 0.05) is 4.97 Å². The van der Waals surface area contributed by atoms with Gasteiger partial charge in [-0.05, 0) is 18.1 Å². The average molecular weight is 173 g/mol. The lowest BCUT2D eigenvalue weighted by Crippen LogP contribution is -2.46. The summed E-state index contributed by atoms with van der Waals surface area (Å²) in [7, 11) is 0. The number of carboxylic acid groups (broad SMARTS) is 1. The third-order valence-electron chi connectivity index (χ3n) is 1.79. The summed E-state index contributed by atoms with van der Waals surface area (Å²) >= 11 is 0. The molecule has 1 heterocycles. The Labute approximate surface area is 68.0 Å². The van der Waals surface area contributed by atoms with Gasteiger partial charge in [-0.25, -0.2) is 0 Å². The first-order chi connectivity index (χ1) is 5.66. The molecule has 0 aromatic heterocycles. The van der Waals surface area contributed by atoms with E-state index in [0.29, 0.717) is 12.8 Å². The lowest BCUT2D eigenvalue weighted by molar-refractivity contribution is -0.692. The Balaban J connectivity index is 2.70. The van der Waals surface area contributed by atoms with Crippen LogP contribution in [0.15, 0.2) is 5.28 Å². The first-order valence-corrected chi connectivity index (χ1v) is 3.44. The van der Waals surface area contributed by atoms with Gasteiger partial charge in [0.2, 0.25) is 0 Å². The van der Waals surface area contributed by atoms with Crippen LogP contribution in [0, 0.1) is 10.4 Å². The van der Waals surface area contributed by atoms with Crippen molar-refractivity contribution in [3.05, 3.63) is 10.4 Å². The van der Waals surface area contributed by atoms with Crippen molar-refractivity contribution in [2.75, 3.05) is 6.54 Å². The van der Waals surface area contributed by atoms with E-state index in [-0.39, 0.29) is 11.5 Å². The maximum absolute atomic E-state index is 10.6. The Kier molecular flexibility index (Phi) is 2.32. The Morgan fingerprint density at radius 1 is 1.67 bits per heavy atom. The first kappa shape index (κ1) is 8.57. The number of nitrogens with zero attached hydrogens (tertiary/aromatic N) is 3. The summed E-state index contributed by atoms with van der Waals surface area (Å²) in [5.41, 5.74) is 0. The molecule has 0 aliphatic carbocycles. The fraction of sp³-hybridized carbons (Fsp3) is 0.800. The van der Waals surface area contributed by atoms with Crippen LogP contribution in [0.5, 0.6) is 0 Å². The van der Waals surface area contributed by atoms with Gasteiger partial charge in [-0.3, -0.25) is 0 Å². The molecule has 0 aromatic rings. The molecule has 0 radical (unpaired) electrons. The molecular formula is C5H7N3O4-2. The van der Waals surface area contributed by atoms with E-state index in [2.05, 4.69) is 5.28 Å². The van der Waals surface area contributed by atoms with E-state index in [9.17, 15) is 20.3 Å². The zero-order valence-electron chi connectivity index (χ0n) is 6.17. The molecule has 0 spiro atoms. The molecule has 7 heteroatoms. The number of hydrogen-bond donors (Lipinski definition) is 0. The van der Waals surface area contributed by atoms with E-state index in [0.717, 1.165) is 5.01 Å². The molecule has 1 fully saturated rings. The molecule has 1 aliphatic heterocycles. The minimum absolute atomic E-state index is 0.230. The van der Waals surface area contributed by atoms with Crippen molar-refractivity contribution in [2.45, 2.75) is 18.9 Å². The molecule has 0 aromatic carbocycles. The van der Waals surface area contributed by atoms with Crippen LogP contribution < -0.4 is 5.11 Å². The van der Waals surface area contributed by atoms with Crippen molar-refractivity contribution in [3.8, 4) is 0 Å². The van der Waals surface area contributed by atoms with Crippen molar-refractivity contribution in [3.63, 3.8) is 0 Å². The van der Waals surface area contributed by atoms with Crippen LogP contribution in [-0.2, 0) is 4.79 Å². The minimum atomic E-state index is -1.35. The fourth-order valence-corrected chi connectivity index (χ4v) is 1.24. The second kappa shape index (κ2) is 3.24. The second-order valence-electron chi connectivity index (χ2n) is 2.47. The van der Waals surface area contributed by atoms with Crippen LogP contribution in [0.25, 0.3) is 0 Å². The van der Waals surface area contributed by atoms with Gasteiger partial charge in [0.1, 0.15) is 6.04 Å². The molecule has 1 saturated heterocycles. The van der Waals surface area contributed by atoms with E-state index in [4.69, 9.17) is 0 Å². The number of hydrogen-bond acceptors (Lipinski definition) is 5. The molecule has 1 rings (SSSR count). The quantitative estimate of drug-likeness (QED) is 0.289. The molecule has 68 valence electrons. The van der Waals surface area contributed by atoms with Crippen LogP contribution >= 0.6 is 0 Å². The maximum Gasteiger partial charge on any atom is 0.127 e. The summed E-state index contributed by atoms with van der Waals surface area (Å²) in [5.74, 6) is -1.35. The van der Waals surface area contributed by atoms with Crippen molar-refractivity contribution < 1.29 is 14.9 Å². The monoisotopic (exact) mass is 173 g/mol. The van der Waals surface area contributed by atoms with E-state index < -0.39 is 12.0 Å². The predicted molar refractivity (Wildman–Crippen MR) is 34.2 cm³/mol. The Bertz CT molecular complexity index is 217. The highest BCUT2D eigenvalue weighted by Crippen LogP contribution is 2.16. The maximum atomic E-state index is 10.6. The second-order valence-corrected chi connectivity index (χ2v) is 2.47. The Morgan fingerprint density at radius 3 is 2.83 bits per heavy atom. The number of rotatable bonds is 2. The van der Waals surface area contributed by atoms with Gasteiger partial charge >= 0.3 is 0 Å². The molecule has 0 bridgehead atoms.